The topological polar surface area (TPSA) is 59.8 Å². The molecule has 1 amide bonds. The van der Waals surface area contributed by atoms with Crippen LogP contribution >= 0.6 is 0 Å². The van der Waals surface area contributed by atoms with Crippen molar-refractivity contribution in [3.05, 3.63) is 59.4 Å². The van der Waals surface area contributed by atoms with Crippen LogP contribution in [0.4, 0.5) is 0 Å². The molecule has 5 nitrogen and oxygen atoms in total. The molecule has 3 aromatic rings. The molecule has 0 radical (unpaired) electrons. The molecule has 1 aromatic carbocycles. The highest BCUT2D eigenvalue weighted by atomic mass is 16.1. The van der Waals surface area contributed by atoms with Crippen molar-refractivity contribution in [2.24, 2.45) is 0 Å². The van der Waals surface area contributed by atoms with Crippen LogP contribution in [0.1, 0.15) is 66.7 Å². The molecule has 1 aliphatic carbocycles. The van der Waals surface area contributed by atoms with Gasteiger partial charge >= 0.3 is 0 Å². The first kappa shape index (κ1) is 17.7. The molecule has 140 valence electrons. The quantitative estimate of drug-likeness (QED) is 0.639. The number of pyridine rings is 1. The average Bonchev–Trinajstić information content (AvgIpc) is 3.44. The van der Waals surface area contributed by atoms with Crippen LogP contribution in [0, 0.1) is 0 Å². The van der Waals surface area contributed by atoms with Crippen molar-refractivity contribution < 1.29 is 4.79 Å². The third-order valence-corrected chi connectivity index (χ3v) is 5.09. The monoisotopic (exact) mass is 362 g/mol. The summed E-state index contributed by atoms with van der Waals surface area (Å²) in [4.78, 5) is 17.7. The summed E-state index contributed by atoms with van der Waals surface area (Å²) in [6.45, 7) is 4.83. The molecule has 0 aliphatic heterocycles. The number of hydrogen-bond donors (Lipinski definition) is 1. The lowest BCUT2D eigenvalue weighted by atomic mass is 10.1. The van der Waals surface area contributed by atoms with Gasteiger partial charge in [0.1, 0.15) is 0 Å². The molecule has 1 saturated carbocycles. The highest BCUT2D eigenvalue weighted by Crippen LogP contribution is 2.40. The van der Waals surface area contributed by atoms with Gasteiger partial charge in [-0.3, -0.25) is 4.79 Å². The molecule has 27 heavy (non-hydrogen) atoms. The molecule has 1 fully saturated rings. The van der Waals surface area contributed by atoms with Crippen LogP contribution in [0.5, 0.6) is 0 Å². The maximum absolute atomic E-state index is 12.9. The molecule has 4 rings (SSSR count). The Morgan fingerprint density at radius 3 is 2.74 bits per heavy atom. The zero-order valence-electron chi connectivity index (χ0n) is 16.0. The third-order valence-electron chi connectivity index (χ3n) is 5.09. The summed E-state index contributed by atoms with van der Waals surface area (Å²) in [7, 11) is 0. The number of benzene rings is 1. The van der Waals surface area contributed by atoms with Gasteiger partial charge in [0.05, 0.1) is 17.1 Å². The van der Waals surface area contributed by atoms with Gasteiger partial charge < -0.3 is 5.32 Å². The molecule has 0 unspecified atom stereocenters. The average molecular weight is 362 g/mol. The number of hydrogen-bond acceptors (Lipinski definition) is 3. The van der Waals surface area contributed by atoms with E-state index in [-0.39, 0.29) is 11.9 Å². The molecule has 5 heteroatoms. The van der Waals surface area contributed by atoms with Crippen molar-refractivity contribution in [3.8, 4) is 0 Å². The fourth-order valence-electron chi connectivity index (χ4n) is 3.43. The van der Waals surface area contributed by atoms with Gasteiger partial charge in [0.25, 0.3) is 5.91 Å². The molecule has 0 spiro atoms. The molecule has 0 saturated heterocycles. The third kappa shape index (κ3) is 3.87. The molecule has 1 N–H and O–H groups in total. The summed E-state index contributed by atoms with van der Waals surface area (Å²) in [5, 5.41) is 8.39. The van der Waals surface area contributed by atoms with Gasteiger partial charge in [-0.15, -0.1) is 0 Å². The second kappa shape index (κ2) is 7.51. The van der Waals surface area contributed by atoms with E-state index in [9.17, 15) is 4.79 Å². The minimum absolute atomic E-state index is 0.0272. The summed E-state index contributed by atoms with van der Waals surface area (Å²) in [5.41, 5.74) is 3.85. The van der Waals surface area contributed by atoms with E-state index in [0.717, 1.165) is 42.4 Å². The number of nitrogens with zero attached hydrogens (tertiary/aromatic N) is 3. The lowest BCUT2D eigenvalue weighted by molar-refractivity contribution is 0.0954. The lowest BCUT2D eigenvalue weighted by Crippen LogP contribution is -2.25. The van der Waals surface area contributed by atoms with E-state index in [1.807, 2.05) is 28.9 Å². The van der Waals surface area contributed by atoms with Crippen molar-refractivity contribution >= 4 is 16.9 Å². The van der Waals surface area contributed by atoms with E-state index in [4.69, 9.17) is 4.98 Å². The summed E-state index contributed by atoms with van der Waals surface area (Å²) in [6, 6.07) is 12.5. The summed E-state index contributed by atoms with van der Waals surface area (Å²) < 4.78 is 1.91. The first-order valence-electron chi connectivity index (χ1n) is 9.84. The number of rotatable bonds is 7. The number of aromatic nitrogens is 3. The maximum Gasteiger partial charge on any atom is 0.252 e. The lowest BCUT2D eigenvalue weighted by Gasteiger charge is -2.11. The van der Waals surface area contributed by atoms with Gasteiger partial charge in [-0.05, 0) is 51.2 Å². The van der Waals surface area contributed by atoms with Crippen LogP contribution < -0.4 is 5.32 Å². The molecule has 2 heterocycles. The molecule has 1 aliphatic rings. The molecular weight excluding hydrogens is 336 g/mol. The van der Waals surface area contributed by atoms with Crippen LogP contribution in [0.25, 0.3) is 11.0 Å². The van der Waals surface area contributed by atoms with Gasteiger partial charge in [0.2, 0.25) is 0 Å². The van der Waals surface area contributed by atoms with Crippen LogP contribution in [0.15, 0.2) is 42.6 Å². The van der Waals surface area contributed by atoms with Crippen LogP contribution in [-0.2, 0) is 6.42 Å². The highest BCUT2D eigenvalue weighted by Gasteiger charge is 2.28. The fourth-order valence-corrected chi connectivity index (χ4v) is 3.43. The Morgan fingerprint density at radius 1 is 1.26 bits per heavy atom. The fraction of sp³-hybridized carbons (Fsp3) is 0.409. The second-order valence-corrected chi connectivity index (χ2v) is 7.63. The van der Waals surface area contributed by atoms with Crippen LogP contribution in [0.3, 0.4) is 0 Å². The molecule has 0 atom stereocenters. The number of fused-ring (bicyclic) bond motifs is 1. The SMILES string of the molecule is CC(C)n1ncc2c(C(=O)NCCCc3ccccc3)cc(C3CC3)nc21. The largest absolute Gasteiger partial charge is 0.352 e. The van der Waals surface area contributed by atoms with E-state index >= 15 is 0 Å². The van der Waals surface area contributed by atoms with Gasteiger partial charge in [0, 0.05) is 24.2 Å². The second-order valence-electron chi connectivity index (χ2n) is 7.63. The van der Waals surface area contributed by atoms with Crippen molar-refractivity contribution in [1.82, 2.24) is 20.1 Å². The standard InChI is InChI=1S/C22H26N4O/c1-15(2)26-21-19(14-24-26)18(13-20(25-21)17-10-11-17)22(27)23-12-6-9-16-7-4-3-5-8-16/h3-5,7-8,13-15,17H,6,9-12H2,1-2H3,(H,23,27). The van der Waals surface area contributed by atoms with Crippen LogP contribution in [-0.4, -0.2) is 27.2 Å². The van der Waals surface area contributed by atoms with E-state index in [1.54, 1.807) is 6.20 Å². The van der Waals surface area contributed by atoms with Crippen molar-refractivity contribution in [2.75, 3.05) is 6.54 Å². The predicted octanol–water partition coefficient (Wildman–Crippen LogP) is 4.25. The summed E-state index contributed by atoms with van der Waals surface area (Å²) >= 11 is 0. The Hall–Kier alpha value is -2.69. The van der Waals surface area contributed by atoms with Gasteiger partial charge in [-0.25, -0.2) is 9.67 Å². The zero-order chi connectivity index (χ0) is 18.8. The molecule has 0 bridgehead atoms. The normalized spacial score (nSPS) is 14.0. The van der Waals surface area contributed by atoms with Gasteiger partial charge in [-0.2, -0.15) is 5.10 Å². The predicted molar refractivity (Wildman–Crippen MR) is 107 cm³/mol. The minimum atomic E-state index is -0.0272. The van der Waals surface area contributed by atoms with Crippen molar-refractivity contribution in [3.63, 3.8) is 0 Å². The molecular formula is C22H26N4O. The number of amides is 1. The maximum atomic E-state index is 12.9. The van der Waals surface area contributed by atoms with Gasteiger partial charge in [-0.1, -0.05) is 30.3 Å². The van der Waals surface area contributed by atoms with E-state index in [0.29, 0.717) is 18.0 Å². The summed E-state index contributed by atoms with van der Waals surface area (Å²) in [5.74, 6) is 0.468. The van der Waals surface area contributed by atoms with Gasteiger partial charge in [0.15, 0.2) is 5.65 Å². The first-order valence-corrected chi connectivity index (χ1v) is 9.84. The Balaban J connectivity index is 1.50. The number of nitrogens with one attached hydrogen (secondary N) is 1. The summed E-state index contributed by atoms with van der Waals surface area (Å²) in [6.07, 6.45) is 5.98. The van der Waals surface area contributed by atoms with Crippen molar-refractivity contribution in [1.29, 1.82) is 0 Å². The first-order chi connectivity index (χ1) is 13.1. The van der Waals surface area contributed by atoms with E-state index in [1.165, 1.54) is 5.56 Å². The van der Waals surface area contributed by atoms with E-state index < -0.39 is 0 Å². The van der Waals surface area contributed by atoms with Crippen molar-refractivity contribution in [2.45, 2.75) is 51.5 Å². The smallest absolute Gasteiger partial charge is 0.252 e. The zero-order valence-corrected chi connectivity index (χ0v) is 16.0. The Bertz CT molecular complexity index is 942. The number of aryl methyl sites for hydroxylation is 1. The molecule has 2 aromatic heterocycles. The van der Waals surface area contributed by atoms with Crippen LogP contribution in [0.2, 0.25) is 0 Å². The highest BCUT2D eigenvalue weighted by molar-refractivity contribution is 6.05. The number of carbonyl (C=O) groups excluding carboxylic acids is 1. The minimum Gasteiger partial charge on any atom is -0.352 e. The Labute approximate surface area is 159 Å². The number of carbonyl (C=O) groups is 1. The Morgan fingerprint density at radius 2 is 2.04 bits per heavy atom. The Kier molecular flexibility index (Phi) is 4.92. The van der Waals surface area contributed by atoms with E-state index in [2.05, 4.69) is 36.4 Å².